The molecule has 1 aromatic carbocycles. The van der Waals surface area contributed by atoms with Gasteiger partial charge in [0.1, 0.15) is 5.56 Å². The molecule has 23 heavy (non-hydrogen) atoms. The highest BCUT2D eigenvalue weighted by atomic mass is 16.5. The van der Waals surface area contributed by atoms with Gasteiger partial charge in [-0.1, -0.05) is 25.0 Å². The number of aromatic nitrogens is 1. The summed E-state index contributed by atoms with van der Waals surface area (Å²) in [6, 6.07) is 7.40. The van der Waals surface area contributed by atoms with Crippen LogP contribution in [-0.4, -0.2) is 41.1 Å². The molecule has 1 saturated heterocycles. The molecule has 1 N–H and O–H groups in total. The van der Waals surface area contributed by atoms with Crippen LogP contribution < -0.4 is 5.43 Å². The average Bonchev–Trinajstić information content (AvgIpc) is 2.61. The smallest absolute Gasteiger partial charge is 0.259 e. The molecule has 5 heteroatoms. The van der Waals surface area contributed by atoms with Crippen LogP contribution in [0.3, 0.4) is 0 Å². The Morgan fingerprint density at radius 1 is 1.22 bits per heavy atom. The van der Waals surface area contributed by atoms with Crippen molar-refractivity contribution in [3.8, 4) is 0 Å². The maximum absolute atomic E-state index is 13.0. The lowest BCUT2D eigenvalue weighted by Crippen LogP contribution is -2.55. The number of amides is 1. The Bertz CT molecular complexity index is 796. The van der Waals surface area contributed by atoms with Gasteiger partial charge in [0.15, 0.2) is 0 Å². The first-order valence-corrected chi connectivity index (χ1v) is 8.29. The molecular formula is C18H20N2O3. The van der Waals surface area contributed by atoms with Gasteiger partial charge in [-0.25, -0.2) is 0 Å². The minimum atomic E-state index is -0.191. The van der Waals surface area contributed by atoms with E-state index in [1.165, 1.54) is 0 Å². The third kappa shape index (κ3) is 2.45. The van der Waals surface area contributed by atoms with Crippen molar-refractivity contribution in [2.24, 2.45) is 0 Å². The highest BCUT2D eigenvalue weighted by Gasteiger charge is 2.37. The summed E-state index contributed by atoms with van der Waals surface area (Å²) in [7, 11) is 0. The lowest BCUT2D eigenvalue weighted by atomic mass is 9.89. The third-order valence-electron chi connectivity index (χ3n) is 5.01. The lowest BCUT2D eigenvalue weighted by Gasteiger charge is -2.43. The van der Waals surface area contributed by atoms with Crippen LogP contribution in [0, 0.1) is 0 Å². The second-order valence-corrected chi connectivity index (χ2v) is 6.34. The van der Waals surface area contributed by atoms with E-state index in [0.29, 0.717) is 18.5 Å². The Kier molecular flexibility index (Phi) is 3.65. The molecule has 0 radical (unpaired) electrons. The van der Waals surface area contributed by atoms with Gasteiger partial charge in [-0.3, -0.25) is 9.59 Å². The standard InChI is InChI=1S/C18H20N2O3/c21-17-12-5-1-2-6-14(12)19-11-13(17)18(22)20-9-10-23-16-8-4-3-7-15(16)20/h1-2,5-6,11,15-16H,3-4,7-10H2,(H,19,21). The van der Waals surface area contributed by atoms with Gasteiger partial charge in [0.2, 0.25) is 5.43 Å². The van der Waals surface area contributed by atoms with E-state index in [1.54, 1.807) is 12.3 Å². The molecule has 0 spiro atoms. The lowest BCUT2D eigenvalue weighted by molar-refractivity contribution is -0.0753. The van der Waals surface area contributed by atoms with Crippen LogP contribution in [-0.2, 0) is 4.74 Å². The van der Waals surface area contributed by atoms with Crippen molar-refractivity contribution < 1.29 is 9.53 Å². The molecule has 2 atom stereocenters. The quantitative estimate of drug-likeness (QED) is 0.879. The number of ether oxygens (including phenoxy) is 1. The first kappa shape index (κ1) is 14.5. The minimum absolute atomic E-state index is 0.107. The van der Waals surface area contributed by atoms with Gasteiger partial charge >= 0.3 is 0 Å². The SMILES string of the molecule is O=C(c1c[nH]c2ccccc2c1=O)N1CCOC2CCCCC21. The zero-order valence-corrected chi connectivity index (χ0v) is 13.0. The second kappa shape index (κ2) is 5.81. The number of carbonyl (C=O) groups is 1. The summed E-state index contributed by atoms with van der Waals surface area (Å²) in [6.07, 6.45) is 5.91. The Hall–Kier alpha value is -2.14. The molecular weight excluding hydrogens is 292 g/mol. The molecule has 2 fully saturated rings. The number of hydrogen-bond donors (Lipinski definition) is 1. The van der Waals surface area contributed by atoms with E-state index in [1.807, 2.05) is 23.1 Å². The molecule has 1 aliphatic carbocycles. The Morgan fingerprint density at radius 3 is 2.96 bits per heavy atom. The molecule has 0 bridgehead atoms. The molecule has 1 saturated carbocycles. The van der Waals surface area contributed by atoms with E-state index < -0.39 is 0 Å². The summed E-state index contributed by atoms with van der Waals surface area (Å²) in [5, 5.41) is 0.562. The summed E-state index contributed by atoms with van der Waals surface area (Å²) in [5.41, 5.74) is 0.796. The molecule has 2 heterocycles. The molecule has 2 aromatic rings. The number of carbonyl (C=O) groups excluding carboxylic acids is 1. The number of morpholine rings is 1. The van der Waals surface area contributed by atoms with Gasteiger partial charge < -0.3 is 14.6 Å². The largest absolute Gasteiger partial charge is 0.374 e. The number of nitrogens with one attached hydrogen (secondary N) is 1. The van der Waals surface area contributed by atoms with Gasteiger partial charge in [-0.15, -0.1) is 0 Å². The number of nitrogens with zero attached hydrogens (tertiary/aromatic N) is 1. The fourth-order valence-electron chi connectivity index (χ4n) is 3.83. The fraction of sp³-hybridized carbons (Fsp3) is 0.444. The predicted octanol–water partition coefficient (Wildman–Crippen LogP) is 2.31. The summed E-state index contributed by atoms with van der Waals surface area (Å²) in [6.45, 7) is 1.12. The zero-order chi connectivity index (χ0) is 15.8. The zero-order valence-electron chi connectivity index (χ0n) is 13.0. The van der Waals surface area contributed by atoms with Crippen LogP contribution in [0.1, 0.15) is 36.0 Å². The van der Waals surface area contributed by atoms with Gasteiger partial charge in [0.05, 0.1) is 18.8 Å². The maximum atomic E-state index is 13.0. The van der Waals surface area contributed by atoms with Crippen LogP contribution in [0.4, 0.5) is 0 Å². The van der Waals surface area contributed by atoms with Gasteiger partial charge in [-0.2, -0.15) is 0 Å². The fourth-order valence-corrected chi connectivity index (χ4v) is 3.83. The van der Waals surface area contributed by atoms with E-state index in [9.17, 15) is 9.59 Å². The first-order chi connectivity index (χ1) is 11.3. The van der Waals surface area contributed by atoms with Crippen molar-refractivity contribution in [3.05, 3.63) is 46.2 Å². The number of rotatable bonds is 1. The van der Waals surface area contributed by atoms with E-state index >= 15 is 0 Å². The summed E-state index contributed by atoms with van der Waals surface area (Å²) < 4.78 is 5.82. The van der Waals surface area contributed by atoms with E-state index in [4.69, 9.17) is 4.74 Å². The summed E-state index contributed by atoms with van der Waals surface area (Å²) in [5.74, 6) is -0.169. The van der Waals surface area contributed by atoms with Crippen LogP contribution in [0.15, 0.2) is 35.3 Å². The Labute approximate surface area is 134 Å². The topological polar surface area (TPSA) is 62.4 Å². The van der Waals surface area contributed by atoms with Crippen molar-refractivity contribution >= 4 is 16.8 Å². The van der Waals surface area contributed by atoms with E-state index in [-0.39, 0.29) is 29.0 Å². The normalized spacial score (nSPS) is 24.4. The number of hydrogen-bond acceptors (Lipinski definition) is 3. The predicted molar refractivity (Wildman–Crippen MR) is 87.6 cm³/mol. The molecule has 4 rings (SSSR count). The molecule has 2 unspecified atom stereocenters. The average molecular weight is 312 g/mol. The number of pyridine rings is 1. The Morgan fingerprint density at radius 2 is 2.04 bits per heavy atom. The molecule has 2 aliphatic rings. The summed E-state index contributed by atoms with van der Waals surface area (Å²) in [4.78, 5) is 30.6. The van der Waals surface area contributed by atoms with Crippen LogP contribution in [0.2, 0.25) is 0 Å². The highest BCUT2D eigenvalue weighted by Crippen LogP contribution is 2.29. The molecule has 1 amide bonds. The van der Waals surface area contributed by atoms with E-state index in [2.05, 4.69) is 4.98 Å². The molecule has 1 aromatic heterocycles. The number of para-hydroxylation sites is 1. The first-order valence-electron chi connectivity index (χ1n) is 8.29. The molecule has 120 valence electrons. The van der Waals surface area contributed by atoms with Crippen molar-refractivity contribution in [2.75, 3.05) is 13.2 Å². The van der Waals surface area contributed by atoms with Gasteiger partial charge in [-0.05, 0) is 25.0 Å². The number of H-pyrrole nitrogens is 1. The van der Waals surface area contributed by atoms with Gasteiger partial charge in [0, 0.05) is 23.6 Å². The summed E-state index contributed by atoms with van der Waals surface area (Å²) >= 11 is 0. The maximum Gasteiger partial charge on any atom is 0.259 e. The third-order valence-corrected chi connectivity index (χ3v) is 5.01. The monoisotopic (exact) mass is 312 g/mol. The molecule has 5 nitrogen and oxygen atoms in total. The van der Waals surface area contributed by atoms with Gasteiger partial charge in [0.25, 0.3) is 5.91 Å². The minimum Gasteiger partial charge on any atom is -0.374 e. The van der Waals surface area contributed by atoms with Crippen molar-refractivity contribution in [3.63, 3.8) is 0 Å². The van der Waals surface area contributed by atoms with Crippen LogP contribution in [0.5, 0.6) is 0 Å². The number of fused-ring (bicyclic) bond motifs is 2. The number of benzene rings is 1. The highest BCUT2D eigenvalue weighted by molar-refractivity contribution is 5.97. The van der Waals surface area contributed by atoms with Crippen molar-refractivity contribution in [2.45, 2.75) is 37.8 Å². The second-order valence-electron chi connectivity index (χ2n) is 6.34. The van der Waals surface area contributed by atoms with Crippen molar-refractivity contribution in [1.29, 1.82) is 0 Å². The van der Waals surface area contributed by atoms with Crippen molar-refractivity contribution in [1.82, 2.24) is 9.88 Å². The Balaban J connectivity index is 1.71. The van der Waals surface area contributed by atoms with E-state index in [0.717, 1.165) is 31.2 Å². The number of aromatic amines is 1. The molecule has 1 aliphatic heterocycles. The van der Waals surface area contributed by atoms with Crippen LogP contribution >= 0.6 is 0 Å². The van der Waals surface area contributed by atoms with Crippen LogP contribution in [0.25, 0.3) is 10.9 Å².